The lowest BCUT2D eigenvalue weighted by Gasteiger charge is -2.31. The van der Waals surface area contributed by atoms with Crippen molar-refractivity contribution in [2.45, 2.75) is 47.0 Å². The smallest absolute Gasteiger partial charge is 0.122 e. The van der Waals surface area contributed by atoms with Crippen molar-refractivity contribution in [3.05, 3.63) is 54.5 Å². The van der Waals surface area contributed by atoms with Crippen molar-refractivity contribution in [3.8, 4) is 11.5 Å². The predicted molar refractivity (Wildman–Crippen MR) is 103 cm³/mol. The van der Waals surface area contributed by atoms with Crippen LogP contribution >= 0.6 is 31.9 Å². The van der Waals surface area contributed by atoms with Gasteiger partial charge in [-0.25, -0.2) is 0 Å². The first-order chi connectivity index (χ1) is 10.5. The number of phenols is 2. The average molecular weight is 442 g/mol. The number of phenolic OH excluding ortho intramolecular Hbond substituents is 2. The zero-order valence-electron chi connectivity index (χ0n) is 14.3. The Kier molecular flexibility index (Phi) is 4.89. The average Bonchev–Trinajstić information content (AvgIpc) is 2.49. The summed E-state index contributed by atoms with van der Waals surface area (Å²) in [5.74, 6) is 0.655. The van der Waals surface area contributed by atoms with Crippen molar-refractivity contribution in [2.75, 3.05) is 0 Å². The Morgan fingerprint density at radius 3 is 1.35 bits per heavy atom. The van der Waals surface area contributed by atoms with Gasteiger partial charge in [-0.15, -0.1) is 0 Å². The monoisotopic (exact) mass is 440 g/mol. The molecule has 0 unspecified atom stereocenters. The molecule has 2 rings (SSSR count). The molecule has 0 aliphatic rings. The highest BCUT2D eigenvalue weighted by Crippen LogP contribution is 2.45. The van der Waals surface area contributed by atoms with Crippen LogP contribution in [0.25, 0.3) is 0 Å². The van der Waals surface area contributed by atoms with Gasteiger partial charge in [0.15, 0.2) is 0 Å². The second-order valence-corrected chi connectivity index (χ2v) is 8.27. The predicted octanol–water partition coefficient (Wildman–Crippen LogP) is 6.18. The highest BCUT2D eigenvalue weighted by atomic mass is 79.9. The van der Waals surface area contributed by atoms with Crippen LogP contribution in [0.5, 0.6) is 11.5 Å². The third-order valence-electron chi connectivity index (χ3n) is 4.66. The molecule has 0 spiro atoms. The molecule has 0 amide bonds. The molecule has 2 aromatic carbocycles. The summed E-state index contributed by atoms with van der Waals surface area (Å²) < 4.78 is 1.83. The Morgan fingerprint density at radius 1 is 0.739 bits per heavy atom. The molecule has 0 aromatic heterocycles. The summed E-state index contributed by atoms with van der Waals surface area (Å²) in [5, 5.41) is 20.3. The fraction of sp³-hybridized carbons (Fsp3) is 0.368. The van der Waals surface area contributed by atoms with Crippen molar-refractivity contribution in [3.63, 3.8) is 0 Å². The highest BCUT2D eigenvalue weighted by molar-refractivity contribution is 9.11. The zero-order valence-corrected chi connectivity index (χ0v) is 17.5. The van der Waals surface area contributed by atoms with E-state index < -0.39 is 0 Å². The Morgan fingerprint density at radius 2 is 1.04 bits per heavy atom. The molecule has 2 N–H and O–H groups in total. The zero-order chi connectivity index (χ0) is 17.7. The second-order valence-electron chi connectivity index (χ2n) is 6.68. The second kappa shape index (κ2) is 6.14. The normalized spacial score (nSPS) is 11.8. The fourth-order valence-electron chi connectivity index (χ4n) is 2.95. The van der Waals surface area contributed by atoms with E-state index in [0.29, 0.717) is 11.5 Å². The van der Waals surface area contributed by atoms with Gasteiger partial charge >= 0.3 is 0 Å². The van der Waals surface area contributed by atoms with E-state index in [0.717, 1.165) is 42.3 Å². The molecule has 0 aliphatic heterocycles. The van der Waals surface area contributed by atoms with Gasteiger partial charge in [-0.2, -0.15) is 0 Å². The first-order valence-electron chi connectivity index (χ1n) is 7.48. The number of aromatic hydroxyl groups is 2. The van der Waals surface area contributed by atoms with Gasteiger partial charge in [0.25, 0.3) is 0 Å². The van der Waals surface area contributed by atoms with Crippen molar-refractivity contribution >= 4 is 31.9 Å². The van der Waals surface area contributed by atoms with Crippen molar-refractivity contribution in [1.82, 2.24) is 0 Å². The van der Waals surface area contributed by atoms with E-state index >= 15 is 0 Å². The Hall–Kier alpha value is -1.00. The summed E-state index contributed by atoms with van der Waals surface area (Å²) in [5.41, 5.74) is 5.32. The van der Waals surface area contributed by atoms with Crippen LogP contribution in [0.4, 0.5) is 0 Å². The standard InChI is InChI=1S/C19H22Br2O2/c1-9-7-13(15(20)11(3)17(9)22)19(5,6)14-8-10(2)18(23)12(4)16(14)21/h7-8,22-23H,1-6H3. The Labute approximate surface area is 154 Å². The number of rotatable bonds is 2. The Balaban J connectivity index is 2.79. The van der Waals surface area contributed by atoms with Gasteiger partial charge in [-0.1, -0.05) is 57.8 Å². The van der Waals surface area contributed by atoms with E-state index in [-0.39, 0.29) is 5.41 Å². The molecule has 0 saturated carbocycles. The number of halogens is 2. The topological polar surface area (TPSA) is 40.5 Å². The van der Waals surface area contributed by atoms with Crippen LogP contribution in [0.2, 0.25) is 0 Å². The summed E-state index contributed by atoms with van der Waals surface area (Å²) in [4.78, 5) is 0. The molecular weight excluding hydrogens is 420 g/mol. The van der Waals surface area contributed by atoms with Crippen LogP contribution in [0.3, 0.4) is 0 Å². The molecule has 0 bridgehead atoms. The number of aryl methyl sites for hydroxylation is 2. The van der Waals surface area contributed by atoms with Crippen molar-refractivity contribution in [1.29, 1.82) is 0 Å². The Bertz CT molecular complexity index is 727. The maximum Gasteiger partial charge on any atom is 0.122 e. The van der Waals surface area contributed by atoms with Gasteiger partial charge in [-0.3, -0.25) is 0 Å². The van der Waals surface area contributed by atoms with Gasteiger partial charge in [0.2, 0.25) is 0 Å². The van der Waals surface area contributed by atoms with Gasteiger partial charge in [0.1, 0.15) is 11.5 Å². The van der Waals surface area contributed by atoms with E-state index in [1.165, 1.54) is 0 Å². The van der Waals surface area contributed by atoms with Gasteiger partial charge < -0.3 is 10.2 Å². The fourth-order valence-corrected chi connectivity index (χ4v) is 4.55. The molecule has 23 heavy (non-hydrogen) atoms. The first kappa shape index (κ1) is 18.3. The maximum atomic E-state index is 10.2. The summed E-state index contributed by atoms with van der Waals surface area (Å²) in [7, 11) is 0. The molecule has 0 radical (unpaired) electrons. The van der Waals surface area contributed by atoms with Crippen molar-refractivity contribution < 1.29 is 10.2 Å². The minimum atomic E-state index is -0.301. The number of benzene rings is 2. The van der Waals surface area contributed by atoms with Crippen molar-refractivity contribution in [2.24, 2.45) is 0 Å². The number of hydrogen-bond donors (Lipinski definition) is 2. The van der Waals surface area contributed by atoms with E-state index in [2.05, 4.69) is 45.7 Å². The largest absolute Gasteiger partial charge is 0.507 e. The molecule has 0 fully saturated rings. The summed E-state index contributed by atoms with van der Waals surface area (Å²) in [6, 6.07) is 4.05. The molecule has 4 heteroatoms. The van der Waals surface area contributed by atoms with Crippen LogP contribution in [0, 0.1) is 27.7 Å². The van der Waals surface area contributed by atoms with Crippen LogP contribution < -0.4 is 0 Å². The molecule has 0 aliphatic carbocycles. The molecule has 0 saturated heterocycles. The minimum Gasteiger partial charge on any atom is -0.507 e. The first-order valence-corrected chi connectivity index (χ1v) is 9.07. The lowest BCUT2D eigenvalue weighted by atomic mass is 9.76. The SMILES string of the molecule is Cc1cc(C(C)(C)c2cc(C)c(O)c(C)c2Br)c(Br)c(C)c1O. The highest BCUT2D eigenvalue weighted by Gasteiger charge is 2.31. The lowest BCUT2D eigenvalue weighted by Crippen LogP contribution is -2.21. The molecule has 2 aromatic rings. The third kappa shape index (κ3) is 2.91. The van der Waals surface area contributed by atoms with Gasteiger partial charge in [-0.05, 0) is 49.9 Å². The van der Waals surface area contributed by atoms with Gasteiger partial charge in [0.05, 0.1) is 0 Å². The number of hydrogen-bond acceptors (Lipinski definition) is 2. The van der Waals surface area contributed by atoms with Crippen LogP contribution in [0.15, 0.2) is 21.1 Å². The lowest BCUT2D eigenvalue weighted by molar-refractivity contribution is 0.464. The molecule has 0 atom stereocenters. The van der Waals surface area contributed by atoms with Crippen LogP contribution in [0.1, 0.15) is 47.2 Å². The van der Waals surface area contributed by atoms with Crippen LogP contribution in [-0.4, -0.2) is 10.2 Å². The molecule has 2 nitrogen and oxygen atoms in total. The third-order valence-corrected chi connectivity index (χ3v) is 6.70. The molecular formula is C19H22Br2O2. The summed E-state index contributed by atoms with van der Waals surface area (Å²) >= 11 is 7.30. The van der Waals surface area contributed by atoms with E-state index in [9.17, 15) is 10.2 Å². The molecule has 0 heterocycles. The summed E-state index contributed by atoms with van der Waals surface area (Å²) in [6.07, 6.45) is 0. The van der Waals surface area contributed by atoms with E-state index in [1.807, 2.05) is 39.8 Å². The van der Waals surface area contributed by atoms with Crippen LogP contribution in [-0.2, 0) is 5.41 Å². The minimum absolute atomic E-state index is 0.301. The quantitative estimate of drug-likeness (QED) is 0.583. The van der Waals surface area contributed by atoms with E-state index in [4.69, 9.17) is 0 Å². The van der Waals surface area contributed by atoms with Gasteiger partial charge in [0, 0.05) is 25.5 Å². The maximum absolute atomic E-state index is 10.2. The van der Waals surface area contributed by atoms with E-state index in [1.54, 1.807) is 0 Å². The molecule has 124 valence electrons. The summed E-state index contributed by atoms with van der Waals surface area (Å²) in [6.45, 7) is 12.0.